The topological polar surface area (TPSA) is 55.7 Å². The van der Waals surface area contributed by atoms with Crippen LogP contribution in [-0.2, 0) is 0 Å². The normalized spacial score (nSPS) is 10.8. The molecule has 0 aliphatic carbocycles. The van der Waals surface area contributed by atoms with E-state index in [2.05, 4.69) is 15.0 Å². The maximum Gasteiger partial charge on any atom is 0.197 e. The molecule has 0 bridgehead atoms. The molecule has 3 rings (SSSR count). The van der Waals surface area contributed by atoms with Crippen LogP contribution in [0, 0.1) is 0 Å². The first-order valence-electron chi connectivity index (χ1n) is 4.84. The Morgan fingerprint density at radius 3 is 2.62 bits per heavy atom. The van der Waals surface area contributed by atoms with Crippen molar-refractivity contribution in [1.29, 1.82) is 0 Å². The largest absolute Gasteiger partial charge is 0.288 e. The van der Waals surface area contributed by atoms with Crippen LogP contribution < -0.4 is 5.43 Å². The summed E-state index contributed by atoms with van der Waals surface area (Å²) in [5.74, 6) is 0. The van der Waals surface area contributed by atoms with Crippen molar-refractivity contribution in [3.63, 3.8) is 0 Å². The number of hydrogen-bond acceptors (Lipinski definition) is 4. The van der Waals surface area contributed by atoms with E-state index in [1.54, 1.807) is 43.0 Å². The van der Waals surface area contributed by atoms with Crippen LogP contribution in [-0.4, -0.2) is 15.0 Å². The minimum atomic E-state index is -0.0574. The molecule has 16 heavy (non-hydrogen) atoms. The highest BCUT2D eigenvalue weighted by molar-refractivity contribution is 5.87. The molecule has 3 heterocycles. The first-order valence-corrected chi connectivity index (χ1v) is 4.84. The Kier molecular flexibility index (Phi) is 1.86. The van der Waals surface area contributed by atoms with Crippen LogP contribution in [0.2, 0.25) is 0 Å². The highest BCUT2D eigenvalue weighted by atomic mass is 16.1. The monoisotopic (exact) mass is 209 g/mol. The van der Waals surface area contributed by atoms with Crippen molar-refractivity contribution in [2.24, 2.45) is 0 Å². The molecule has 0 saturated carbocycles. The molecule has 0 unspecified atom stereocenters. The molecule has 0 N–H and O–H groups in total. The number of nitrogens with zero attached hydrogens (tertiary/aromatic N) is 3. The lowest BCUT2D eigenvalue weighted by Gasteiger charge is -1.88. The van der Waals surface area contributed by atoms with Crippen molar-refractivity contribution in [2.75, 3.05) is 0 Å². The van der Waals surface area contributed by atoms with Crippen LogP contribution in [0.4, 0.5) is 0 Å². The third kappa shape index (κ3) is 1.24. The first-order chi connectivity index (χ1) is 7.86. The standard InChI is InChI=1S/C12H7N3O/c16-12-8-2-1-4-14-11(8)7-15-10-6-13-5-3-9(10)12/h1-7H. The van der Waals surface area contributed by atoms with Gasteiger partial charge in [-0.25, -0.2) is 0 Å². The summed E-state index contributed by atoms with van der Waals surface area (Å²) in [6.07, 6.45) is 6.41. The van der Waals surface area contributed by atoms with Crippen molar-refractivity contribution in [3.8, 4) is 0 Å². The summed E-state index contributed by atoms with van der Waals surface area (Å²) in [4.78, 5) is 24.5. The summed E-state index contributed by atoms with van der Waals surface area (Å²) < 4.78 is 0. The summed E-state index contributed by atoms with van der Waals surface area (Å²) in [6.45, 7) is 0. The lowest BCUT2D eigenvalue weighted by Crippen LogP contribution is -1.98. The van der Waals surface area contributed by atoms with Crippen molar-refractivity contribution in [3.05, 3.63) is 53.2 Å². The van der Waals surface area contributed by atoms with Crippen LogP contribution in [0.25, 0.3) is 21.8 Å². The molecule has 0 aliphatic rings. The Morgan fingerprint density at radius 2 is 1.69 bits per heavy atom. The third-order valence-electron chi connectivity index (χ3n) is 2.45. The predicted octanol–water partition coefficient (Wildman–Crippen LogP) is 1.54. The number of rotatable bonds is 0. The van der Waals surface area contributed by atoms with E-state index < -0.39 is 0 Å². The van der Waals surface area contributed by atoms with Gasteiger partial charge in [0.1, 0.15) is 0 Å². The molecule has 0 aromatic carbocycles. The molecule has 3 aromatic rings. The molecule has 3 aromatic heterocycles. The fourth-order valence-corrected chi connectivity index (χ4v) is 1.67. The maximum atomic E-state index is 12.2. The van der Waals surface area contributed by atoms with Crippen LogP contribution in [0.5, 0.6) is 0 Å². The minimum Gasteiger partial charge on any atom is -0.288 e. The summed E-state index contributed by atoms with van der Waals surface area (Å²) >= 11 is 0. The van der Waals surface area contributed by atoms with Gasteiger partial charge in [0.2, 0.25) is 0 Å². The van der Waals surface area contributed by atoms with E-state index >= 15 is 0 Å². The molecule has 0 aliphatic heterocycles. The van der Waals surface area contributed by atoms with Crippen LogP contribution in [0.15, 0.2) is 47.8 Å². The molecule has 76 valence electrons. The van der Waals surface area contributed by atoms with Gasteiger partial charge in [-0.05, 0) is 18.2 Å². The molecule has 4 nitrogen and oxygen atoms in total. The van der Waals surface area contributed by atoms with Gasteiger partial charge in [0.25, 0.3) is 0 Å². The Morgan fingerprint density at radius 1 is 0.875 bits per heavy atom. The Bertz CT molecular complexity index is 678. The lowest BCUT2D eigenvalue weighted by molar-refractivity contribution is 1.32. The van der Waals surface area contributed by atoms with Crippen molar-refractivity contribution >= 4 is 21.8 Å². The zero-order valence-corrected chi connectivity index (χ0v) is 8.29. The van der Waals surface area contributed by atoms with E-state index in [4.69, 9.17) is 0 Å². The predicted molar refractivity (Wildman–Crippen MR) is 61.1 cm³/mol. The van der Waals surface area contributed by atoms with E-state index in [9.17, 15) is 4.79 Å². The minimum absolute atomic E-state index is 0.0574. The second-order valence-corrected chi connectivity index (χ2v) is 3.42. The number of aromatic nitrogens is 3. The molecular formula is C12H7N3O. The van der Waals surface area contributed by atoms with Crippen molar-refractivity contribution in [1.82, 2.24) is 15.0 Å². The second kappa shape index (κ2) is 3.34. The Labute approximate surface area is 90.6 Å². The molecule has 0 amide bonds. The second-order valence-electron chi connectivity index (χ2n) is 3.42. The van der Waals surface area contributed by atoms with Gasteiger partial charge in [-0.2, -0.15) is 0 Å². The molecule has 0 fully saturated rings. The maximum absolute atomic E-state index is 12.2. The van der Waals surface area contributed by atoms with Crippen molar-refractivity contribution < 1.29 is 0 Å². The fourth-order valence-electron chi connectivity index (χ4n) is 1.67. The first kappa shape index (κ1) is 8.91. The Balaban J connectivity index is 2.69. The average Bonchev–Trinajstić information content (AvgIpc) is 2.49. The highest BCUT2D eigenvalue weighted by Crippen LogP contribution is 2.08. The SMILES string of the molecule is O=c1c2ccncc2ncc2ncccc12. The molecule has 0 atom stereocenters. The summed E-state index contributed by atoms with van der Waals surface area (Å²) in [5, 5.41) is 1.15. The molecular weight excluding hydrogens is 202 g/mol. The van der Waals surface area contributed by atoms with Gasteiger partial charge in [-0.3, -0.25) is 19.7 Å². The van der Waals surface area contributed by atoms with Crippen molar-refractivity contribution in [2.45, 2.75) is 0 Å². The fraction of sp³-hybridized carbons (Fsp3) is 0. The summed E-state index contributed by atoms with van der Waals surface area (Å²) in [7, 11) is 0. The average molecular weight is 209 g/mol. The van der Waals surface area contributed by atoms with Gasteiger partial charge in [-0.1, -0.05) is 0 Å². The molecule has 0 spiro atoms. The molecule has 4 heteroatoms. The van der Waals surface area contributed by atoms with Gasteiger partial charge in [0.15, 0.2) is 5.43 Å². The van der Waals surface area contributed by atoms with Gasteiger partial charge < -0.3 is 0 Å². The van der Waals surface area contributed by atoms with E-state index in [-0.39, 0.29) is 5.43 Å². The van der Waals surface area contributed by atoms with Gasteiger partial charge >= 0.3 is 0 Å². The van der Waals surface area contributed by atoms with E-state index in [0.717, 1.165) is 0 Å². The molecule has 0 radical (unpaired) electrons. The van der Waals surface area contributed by atoms with Crippen LogP contribution >= 0.6 is 0 Å². The quantitative estimate of drug-likeness (QED) is 0.563. The van der Waals surface area contributed by atoms with Gasteiger partial charge in [0.05, 0.1) is 28.8 Å². The third-order valence-corrected chi connectivity index (χ3v) is 2.45. The van der Waals surface area contributed by atoms with E-state index in [1.807, 2.05) is 0 Å². The summed E-state index contributed by atoms with van der Waals surface area (Å²) in [5.41, 5.74) is 1.13. The zero-order valence-electron chi connectivity index (χ0n) is 8.29. The van der Waals surface area contributed by atoms with Gasteiger partial charge in [0, 0.05) is 17.8 Å². The summed E-state index contributed by atoms with van der Waals surface area (Å²) in [6, 6.07) is 5.18. The van der Waals surface area contributed by atoms with E-state index in [0.29, 0.717) is 21.8 Å². The van der Waals surface area contributed by atoms with Crippen LogP contribution in [0.1, 0.15) is 0 Å². The number of fused-ring (bicyclic) bond motifs is 2. The zero-order chi connectivity index (χ0) is 11.0. The highest BCUT2D eigenvalue weighted by Gasteiger charge is 2.02. The number of pyridine rings is 2. The number of hydrogen-bond donors (Lipinski definition) is 0. The van der Waals surface area contributed by atoms with E-state index in [1.165, 1.54) is 0 Å². The molecule has 0 saturated heterocycles. The van der Waals surface area contributed by atoms with Gasteiger partial charge in [-0.15, -0.1) is 0 Å². The lowest BCUT2D eigenvalue weighted by atomic mass is 10.2. The Hall–Kier alpha value is -2.36. The van der Waals surface area contributed by atoms with Crippen LogP contribution in [0.3, 0.4) is 0 Å². The smallest absolute Gasteiger partial charge is 0.197 e.